The lowest BCUT2D eigenvalue weighted by molar-refractivity contribution is 0.102. The van der Waals surface area contributed by atoms with Crippen molar-refractivity contribution in [2.24, 2.45) is 0 Å². The van der Waals surface area contributed by atoms with Crippen LogP contribution < -0.4 is 10.6 Å². The molecule has 1 heterocycles. The fourth-order valence-electron chi connectivity index (χ4n) is 2.66. The average molecular weight is 364 g/mol. The second-order valence-electron chi connectivity index (χ2n) is 6.16. The van der Waals surface area contributed by atoms with Crippen LogP contribution in [-0.4, -0.2) is 22.4 Å². The first-order chi connectivity index (χ1) is 13.1. The topological polar surface area (TPSA) is 66.9 Å². The molecule has 2 N–H and O–H groups in total. The number of rotatable bonds is 7. The molecule has 0 spiro atoms. The molecule has 0 saturated carbocycles. The maximum atomic E-state index is 13.0. The van der Waals surface area contributed by atoms with Gasteiger partial charge in [-0.05, 0) is 49.6 Å². The zero-order chi connectivity index (χ0) is 19.1. The number of nitrogens with zero attached hydrogens (tertiary/aromatic N) is 2. The quantitative estimate of drug-likeness (QED) is 0.616. The molecule has 27 heavy (non-hydrogen) atoms. The molecule has 1 aromatic heterocycles. The van der Waals surface area contributed by atoms with Gasteiger partial charge < -0.3 is 10.6 Å². The van der Waals surface area contributed by atoms with Crippen LogP contribution in [0.15, 0.2) is 60.7 Å². The van der Waals surface area contributed by atoms with E-state index in [1.54, 1.807) is 13.0 Å². The summed E-state index contributed by atoms with van der Waals surface area (Å²) in [5.41, 5.74) is 2.06. The molecule has 6 heteroatoms. The van der Waals surface area contributed by atoms with Crippen LogP contribution in [0.2, 0.25) is 0 Å². The Morgan fingerprint density at radius 3 is 2.52 bits per heavy atom. The highest BCUT2D eigenvalue weighted by Crippen LogP contribution is 2.12. The van der Waals surface area contributed by atoms with Crippen LogP contribution in [0.4, 0.5) is 15.9 Å². The predicted molar refractivity (Wildman–Crippen MR) is 104 cm³/mol. The summed E-state index contributed by atoms with van der Waals surface area (Å²) in [6.45, 7) is 2.48. The van der Waals surface area contributed by atoms with E-state index in [4.69, 9.17) is 0 Å². The number of anilines is 2. The Morgan fingerprint density at radius 2 is 1.78 bits per heavy atom. The number of aromatic nitrogens is 2. The van der Waals surface area contributed by atoms with Crippen molar-refractivity contribution in [1.29, 1.82) is 0 Å². The van der Waals surface area contributed by atoms with Crippen molar-refractivity contribution in [2.75, 3.05) is 17.2 Å². The fraction of sp³-hybridized carbons (Fsp3) is 0.190. The van der Waals surface area contributed by atoms with Crippen molar-refractivity contribution in [3.63, 3.8) is 0 Å². The van der Waals surface area contributed by atoms with Gasteiger partial charge in [0.25, 0.3) is 5.91 Å². The number of benzene rings is 2. The maximum Gasteiger partial charge on any atom is 0.274 e. The number of hydrogen-bond acceptors (Lipinski definition) is 4. The van der Waals surface area contributed by atoms with Crippen LogP contribution in [0.5, 0.6) is 0 Å². The fourth-order valence-corrected chi connectivity index (χ4v) is 2.66. The molecular formula is C21H21FN4O. The Hall–Kier alpha value is -3.28. The van der Waals surface area contributed by atoms with E-state index in [0.717, 1.165) is 19.4 Å². The minimum atomic E-state index is -0.362. The number of aryl methyl sites for hydroxylation is 2. The van der Waals surface area contributed by atoms with Gasteiger partial charge in [0.05, 0.1) is 0 Å². The molecule has 2 aromatic carbocycles. The van der Waals surface area contributed by atoms with Crippen LogP contribution in [0, 0.1) is 12.7 Å². The first kappa shape index (κ1) is 18.5. The molecule has 0 fully saturated rings. The summed E-state index contributed by atoms with van der Waals surface area (Å²) in [6, 6.07) is 17.5. The minimum Gasteiger partial charge on any atom is -0.370 e. The molecule has 0 aliphatic rings. The van der Waals surface area contributed by atoms with Crippen LogP contribution >= 0.6 is 0 Å². The van der Waals surface area contributed by atoms with E-state index in [9.17, 15) is 9.18 Å². The molecule has 3 aromatic rings. The van der Waals surface area contributed by atoms with Crippen molar-refractivity contribution in [1.82, 2.24) is 9.97 Å². The third-order valence-electron chi connectivity index (χ3n) is 3.96. The SMILES string of the molecule is Cc1nc(NCCCc2ccccc2)cc(C(=O)Nc2ccc(F)cc2)n1. The molecule has 0 radical (unpaired) electrons. The molecule has 3 rings (SSSR count). The third kappa shape index (κ3) is 5.60. The first-order valence-electron chi connectivity index (χ1n) is 8.80. The number of hydrogen-bond donors (Lipinski definition) is 2. The number of amides is 1. The molecule has 0 aliphatic heterocycles. The van der Waals surface area contributed by atoms with Crippen molar-refractivity contribution >= 4 is 17.4 Å². The van der Waals surface area contributed by atoms with Crippen LogP contribution in [0.3, 0.4) is 0 Å². The second kappa shape index (κ2) is 8.89. The summed E-state index contributed by atoms with van der Waals surface area (Å²) < 4.78 is 13.0. The maximum absolute atomic E-state index is 13.0. The van der Waals surface area contributed by atoms with Crippen molar-refractivity contribution < 1.29 is 9.18 Å². The van der Waals surface area contributed by atoms with Crippen LogP contribution in [0.25, 0.3) is 0 Å². The zero-order valence-electron chi connectivity index (χ0n) is 15.1. The monoisotopic (exact) mass is 364 g/mol. The van der Waals surface area contributed by atoms with Gasteiger partial charge >= 0.3 is 0 Å². The molecule has 138 valence electrons. The van der Waals surface area contributed by atoms with Gasteiger partial charge in [0.2, 0.25) is 0 Å². The number of carbonyl (C=O) groups is 1. The Kier molecular flexibility index (Phi) is 6.10. The summed E-state index contributed by atoms with van der Waals surface area (Å²) in [5, 5.41) is 5.95. The zero-order valence-corrected chi connectivity index (χ0v) is 15.1. The van der Waals surface area contributed by atoms with E-state index in [0.29, 0.717) is 17.3 Å². The molecule has 1 amide bonds. The van der Waals surface area contributed by atoms with E-state index in [2.05, 4.69) is 32.7 Å². The summed E-state index contributed by atoms with van der Waals surface area (Å²) >= 11 is 0. The van der Waals surface area contributed by atoms with Gasteiger partial charge in [-0.15, -0.1) is 0 Å². The van der Waals surface area contributed by atoms with E-state index in [1.165, 1.54) is 29.8 Å². The second-order valence-corrected chi connectivity index (χ2v) is 6.16. The standard InChI is InChI=1S/C21H21FN4O/c1-15-24-19(21(27)26-18-11-9-17(22)10-12-18)14-20(25-15)23-13-5-8-16-6-3-2-4-7-16/h2-4,6-7,9-12,14H,5,8,13H2,1H3,(H,26,27)(H,23,24,25). The van der Waals surface area contributed by atoms with E-state index < -0.39 is 0 Å². The van der Waals surface area contributed by atoms with Gasteiger partial charge in [-0.25, -0.2) is 14.4 Å². The largest absolute Gasteiger partial charge is 0.370 e. The third-order valence-corrected chi connectivity index (χ3v) is 3.96. The Bertz CT molecular complexity index is 898. The minimum absolute atomic E-state index is 0.261. The Balaban J connectivity index is 1.58. The Morgan fingerprint density at radius 1 is 1.04 bits per heavy atom. The highest BCUT2D eigenvalue weighted by Gasteiger charge is 2.11. The smallest absolute Gasteiger partial charge is 0.274 e. The van der Waals surface area contributed by atoms with Gasteiger partial charge in [0.15, 0.2) is 0 Å². The predicted octanol–water partition coefficient (Wildman–Crippen LogP) is 4.22. The van der Waals surface area contributed by atoms with E-state index in [-0.39, 0.29) is 17.4 Å². The average Bonchev–Trinajstić information content (AvgIpc) is 2.67. The number of halogens is 1. The van der Waals surface area contributed by atoms with Gasteiger partial charge in [-0.2, -0.15) is 0 Å². The highest BCUT2D eigenvalue weighted by atomic mass is 19.1. The van der Waals surface area contributed by atoms with Crippen molar-refractivity contribution in [3.8, 4) is 0 Å². The lowest BCUT2D eigenvalue weighted by Gasteiger charge is -2.09. The molecule has 0 atom stereocenters. The molecule has 0 bridgehead atoms. The summed E-state index contributed by atoms with van der Waals surface area (Å²) in [4.78, 5) is 20.9. The lowest BCUT2D eigenvalue weighted by Crippen LogP contribution is -2.16. The summed E-state index contributed by atoms with van der Waals surface area (Å²) in [6.07, 6.45) is 1.92. The molecule has 0 unspecified atom stereocenters. The highest BCUT2D eigenvalue weighted by molar-refractivity contribution is 6.03. The lowest BCUT2D eigenvalue weighted by atomic mass is 10.1. The van der Waals surface area contributed by atoms with Gasteiger partial charge in [-0.3, -0.25) is 4.79 Å². The van der Waals surface area contributed by atoms with Gasteiger partial charge in [0.1, 0.15) is 23.2 Å². The number of carbonyl (C=O) groups excluding carboxylic acids is 1. The van der Waals surface area contributed by atoms with Crippen LogP contribution in [0.1, 0.15) is 28.3 Å². The van der Waals surface area contributed by atoms with Gasteiger partial charge in [-0.1, -0.05) is 30.3 Å². The van der Waals surface area contributed by atoms with E-state index in [1.807, 2.05) is 18.2 Å². The van der Waals surface area contributed by atoms with Crippen molar-refractivity contribution in [2.45, 2.75) is 19.8 Å². The summed E-state index contributed by atoms with van der Waals surface area (Å²) in [5.74, 6) is 0.402. The van der Waals surface area contributed by atoms with Crippen LogP contribution in [-0.2, 0) is 6.42 Å². The van der Waals surface area contributed by atoms with E-state index >= 15 is 0 Å². The number of nitrogens with one attached hydrogen (secondary N) is 2. The van der Waals surface area contributed by atoms with Crippen molar-refractivity contribution in [3.05, 3.63) is 83.6 Å². The molecule has 0 saturated heterocycles. The van der Waals surface area contributed by atoms with Gasteiger partial charge in [0, 0.05) is 18.3 Å². The molecule has 5 nitrogen and oxygen atoms in total. The normalized spacial score (nSPS) is 10.4. The first-order valence-corrected chi connectivity index (χ1v) is 8.80. The molecular weight excluding hydrogens is 343 g/mol. The summed E-state index contributed by atoms with van der Waals surface area (Å²) in [7, 11) is 0. The Labute approximate surface area is 157 Å². The molecule has 0 aliphatic carbocycles.